The van der Waals surface area contributed by atoms with Crippen molar-refractivity contribution >= 4 is 11.6 Å². The molecular formula is C17H26ClNO3. The van der Waals surface area contributed by atoms with Crippen LogP contribution in [0.5, 0.6) is 0 Å². The summed E-state index contributed by atoms with van der Waals surface area (Å²) >= 11 is 5.88. The van der Waals surface area contributed by atoms with E-state index in [0.717, 1.165) is 31.7 Å². The average molecular weight is 328 g/mol. The molecule has 1 aromatic rings. The molecular weight excluding hydrogens is 302 g/mol. The molecule has 2 rings (SSSR count). The standard InChI is InChI=1S/C17H26ClNO3/c1-13(15-3-5-16(18)6-4-15)22-12-17(20)10-19(2)9-14-7-8-21-11-14/h3-6,13-14,17,20H,7-12H2,1-2H3. The molecule has 1 aliphatic rings. The van der Waals surface area contributed by atoms with Crippen LogP contribution in [0.4, 0.5) is 0 Å². The molecule has 1 heterocycles. The van der Waals surface area contributed by atoms with Crippen LogP contribution in [0.25, 0.3) is 0 Å². The number of aliphatic hydroxyl groups is 1. The van der Waals surface area contributed by atoms with Crippen LogP contribution >= 0.6 is 11.6 Å². The van der Waals surface area contributed by atoms with Gasteiger partial charge in [-0.2, -0.15) is 0 Å². The van der Waals surface area contributed by atoms with Crippen LogP contribution in [-0.2, 0) is 9.47 Å². The summed E-state index contributed by atoms with van der Waals surface area (Å²) in [6.45, 7) is 5.59. The fourth-order valence-corrected chi connectivity index (χ4v) is 2.87. The Labute approximate surface area is 138 Å². The molecule has 3 atom stereocenters. The van der Waals surface area contributed by atoms with E-state index in [4.69, 9.17) is 21.1 Å². The lowest BCUT2D eigenvalue weighted by atomic mass is 10.1. The van der Waals surface area contributed by atoms with E-state index in [9.17, 15) is 5.11 Å². The summed E-state index contributed by atoms with van der Waals surface area (Å²) < 4.78 is 11.1. The van der Waals surface area contributed by atoms with Crippen molar-refractivity contribution in [3.05, 3.63) is 34.9 Å². The second kappa shape index (κ2) is 8.85. The van der Waals surface area contributed by atoms with Crippen molar-refractivity contribution < 1.29 is 14.6 Å². The zero-order valence-corrected chi connectivity index (χ0v) is 14.1. The van der Waals surface area contributed by atoms with Crippen LogP contribution in [-0.4, -0.2) is 56.1 Å². The van der Waals surface area contributed by atoms with Gasteiger partial charge >= 0.3 is 0 Å². The molecule has 1 aromatic carbocycles. The molecule has 1 saturated heterocycles. The number of nitrogens with zero attached hydrogens (tertiary/aromatic N) is 1. The van der Waals surface area contributed by atoms with Gasteiger partial charge < -0.3 is 19.5 Å². The second-order valence-corrected chi connectivity index (χ2v) is 6.57. The van der Waals surface area contributed by atoms with Crippen LogP contribution in [0.1, 0.15) is 25.0 Å². The fourth-order valence-electron chi connectivity index (χ4n) is 2.74. The number of hydrogen-bond acceptors (Lipinski definition) is 4. The summed E-state index contributed by atoms with van der Waals surface area (Å²) in [5, 5.41) is 10.8. The maximum absolute atomic E-state index is 10.1. The van der Waals surface area contributed by atoms with Crippen molar-refractivity contribution in [2.75, 3.05) is 40.0 Å². The van der Waals surface area contributed by atoms with E-state index in [1.54, 1.807) is 0 Å². The number of aliphatic hydroxyl groups excluding tert-OH is 1. The molecule has 0 radical (unpaired) electrons. The van der Waals surface area contributed by atoms with Crippen LogP contribution < -0.4 is 0 Å². The minimum absolute atomic E-state index is 0.0551. The number of ether oxygens (including phenoxy) is 2. The molecule has 124 valence electrons. The Kier molecular flexibility index (Phi) is 7.12. The summed E-state index contributed by atoms with van der Waals surface area (Å²) in [5.74, 6) is 0.589. The van der Waals surface area contributed by atoms with Crippen molar-refractivity contribution in [2.45, 2.75) is 25.6 Å². The predicted octanol–water partition coefficient (Wildman–Crippen LogP) is 2.75. The van der Waals surface area contributed by atoms with Crippen molar-refractivity contribution in [1.29, 1.82) is 0 Å². The lowest BCUT2D eigenvalue weighted by molar-refractivity contribution is -0.0144. The van der Waals surface area contributed by atoms with E-state index in [1.807, 2.05) is 38.2 Å². The summed E-state index contributed by atoms with van der Waals surface area (Å²) in [7, 11) is 2.03. The Morgan fingerprint density at radius 2 is 2.14 bits per heavy atom. The van der Waals surface area contributed by atoms with Gasteiger partial charge in [0, 0.05) is 24.7 Å². The van der Waals surface area contributed by atoms with Gasteiger partial charge in [-0.1, -0.05) is 23.7 Å². The maximum Gasteiger partial charge on any atom is 0.0900 e. The zero-order valence-electron chi connectivity index (χ0n) is 13.4. The van der Waals surface area contributed by atoms with E-state index in [-0.39, 0.29) is 6.10 Å². The molecule has 22 heavy (non-hydrogen) atoms. The molecule has 0 aliphatic carbocycles. The third-order valence-corrected chi connectivity index (χ3v) is 4.25. The molecule has 4 nitrogen and oxygen atoms in total. The predicted molar refractivity (Wildman–Crippen MR) is 88.2 cm³/mol. The first kappa shape index (κ1) is 17.7. The number of rotatable bonds is 8. The van der Waals surface area contributed by atoms with E-state index in [2.05, 4.69) is 4.90 Å². The van der Waals surface area contributed by atoms with Gasteiger partial charge in [-0.05, 0) is 44.0 Å². The Morgan fingerprint density at radius 1 is 1.41 bits per heavy atom. The maximum atomic E-state index is 10.1. The fraction of sp³-hybridized carbons (Fsp3) is 0.647. The highest BCUT2D eigenvalue weighted by Gasteiger charge is 2.19. The van der Waals surface area contributed by atoms with Gasteiger partial charge in [-0.15, -0.1) is 0 Å². The Bertz CT molecular complexity index is 434. The van der Waals surface area contributed by atoms with Gasteiger partial charge in [0.15, 0.2) is 0 Å². The SMILES string of the molecule is CC(OCC(O)CN(C)CC1CCOC1)c1ccc(Cl)cc1. The summed E-state index contributed by atoms with van der Waals surface area (Å²) in [6.07, 6.45) is 0.576. The van der Waals surface area contributed by atoms with Crippen molar-refractivity contribution in [1.82, 2.24) is 4.90 Å². The molecule has 0 amide bonds. The van der Waals surface area contributed by atoms with Gasteiger partial charge in [0.1, 0.15) is 0 Å². The van der Waals surface area contributed by atoms with E-state index in [1.165, 1.54) is 0 Å². The van der Waals surface area contributed by atoms with E-state index >= 15 is 0 Å². The van der Waals surface area contributed by atoms with Gasteiger partial charge in [0.2, 0.25) is 0 Å². The first-order chi connectivity index (χ1) is 10.5. The Balaban J connectivity index is 1.67. The number of halogens is 1. The molecule has 1 fully saturated rings. The molecule has 0 saturated carbocycles. The summed E-state index contributed by atoms with van der Waals surface area (Å²) in [5.41, 5.74) is 1.06. The van der Waals surface area contributed by atoms with Crippen LogP contribution in [0.15, 0.2) is 24.3 Å². The highest BCUT2D eigenvalue weighted by molar-refractivity contribution is 6.30. The summed E-state index contributed by atoms with van der Waals surface area (Å²) in [4.78, 5) is 2.15. The highest BCUT2D eigenvalue weighted by Crippen LogP contribution is 2.19. The first-order valence-electron chi connectivity index (χ1n) is 7.86. The molecule has 1 aliphatic heterocycles. The molecule has 1 N–H and O–H groups in total. The first-order valence-corrected chi connectivity index (χ1v) is 8.24. The molecule has 0 aromatic heterocycles. The Morgan fingerprint density at radius 3 is 2.77 bits per heavy atom. The third-order valence-electron chi connectivity index (χ3n) is 3.99. The molecule has 3 unspecified atom stereocenters. The normalized spacial score (nSPS) is 21.2. The minimum atomic E-state index is -0.484. The monoisotopic (exact) mass is 327 g/mol. The van der Waals surface area contributed by atoms with Gasteiger partial charge in [-0.25, -0.2) is 0 Å². The quantitative estimate of drug-likeness (QED) is 0.797. The number of hydrogen-bond donors (Lipinski definition) is 1. The lowest BCUT2D eigenvalue weighted by Crippen LogP contribution is -2.35. The van der Waals surface area contributed by atoms with E-state index < -0.39 is 6.10 Å². The summed E-state index contributed by atoms with van der Waals surface area (Å²) in [6, 6.07) is 7.60. The molecule has 0 bridgehead atoms. The van der Waals surface area contributed by atoms with Gasteiger partial charge in [0.25, 0.3) is 0 Å². The van der Waals surface area contributed by atoms with Gasteiger partial charge in [0.05, 0.1) is 25.4 Å². The second-order valence-electron chi connectivity index (χ2n) is 6.13. The average Bonchev–Trinajstić information content (AvgIpc) is 2.98. The largest absolute Gasteiger partial charge is 0.389 e. The number of likely N-dealkylation sites (N-methyl/N-ethyl adjacent to an activating group) is 1. The van der Waals surface area contributed by atoms with Crippen LogP contribution in [0.2, 0.25) is 5.02 Å². The third kappa shape index (κ3) is 5.86. The molecule has 0 spiro atoms. The topological polar surface area (TPSA) is 41.9 Å². The zero-order chi connectivity index (χ0) is 15.9. The van der Waals surface area contributed by atoms with E-state index in [0.29, 0.717) is 24.1 Å². The highest BCUT2D eigenvalue weighted by atomic mass is 35.5. The Hall–Kier alpha value is -0.650. The van der Waals surface area contributed by atoms with Crippen molar-refractivity contribution in [3.63, 3.8) is 0 Å². The lowest BCUT2D eigenvalue weighted by Gasteiger charge is -2.24. The van der Waals surface area contributed by atoms with Gasteiger partial charge in [-0.3, -0.25) is 0 Å². The number of benzene rings is 1. The van der Waals surface area contributed by atoms with Crippen LogP contribution in [0, 0.1) is 5.92 Å². The van der Waals surface area contributed by atoms with Crippen LogP contribution in [0.3, 0.4) is 0 Å². The smallest absolute Gasteiger partial charge is 0.0900 e. The van der Waals surface area contributed by atoms with Crippen molar-refractivity contribution in [3.8, 4) is 0 Å². The minimum Gasteiger partial charge on any atom is -0.389 e. The van der Waals surface area contributed by atoms with Crippen molar-refractivity contribution in [2.24, 2.45) is 5.92 Å². The molecule has 5 heteroatoms.